The Kier molecular flexibility index (Phi) is 9.69. The zero-order valence-corrected chi connectivity index (χ0v) is 20.7. The molecule has 2 aliphatic carbocycles. The highest BCUT2D eigenvalue weighted by Gasteiger charge is 2.43. The minimum Gasteiger partial charge on any atom is -0.481 e. The Balaban J connectivity index is 1.52. The van der Waals surface area contributed by atoms with Gasteiger partial charge in [0.05, 0.1) is 16.5 Å². The zero-order valence-electron chi connectivity index (χ0n) is 18.3. The molecular weight excluding hydrogens is 467 g/mol. The molecular formula is C25H34Cl2O4S. The first kappa shape index (κ1) is 25.8. The fourth-order valence-electron chi connectivity index (χ4n) is 5.07. The molecule has 0 spiro atoms. The molecule has 2 saturated carbocycles. The summed E-state index contributed by atoms with van der Waals surface area (Å²) in [5.74, 6) is -0.656. The standard InChI is InChI=1S/C25H34Cl2O4S/c26-20-15-21(28)19(18(20)7-3-1-2-4-10-24(30)31)8-5-9-22(29)25(13-6-14-25)16-17-11-12-23(27)32-17/h1,3,5,8,11-12,18-22,28-29H,2,4,6-7,9-10,13-16H2,(H,30,31)/b3-1-,8-5+/t18-,19-,20-,21-,22?/m1/s1. The van der Waals surface area contributed by atoms with Gasteiger partial charge >= 0.3 is 5.97 Å². The zero-order chi connectivity index (χ0) is 23.1. The van der Waals surface area contributed by atoms with Crippen molar-refractivity contribution in [2.75, 3.05) is 0 Å². The van der Waals surface area contributed by atoms with Crippen molar-refractivity contribution in [3.8, 4) is 0 Å². The molecule has 4 nitrogen and oxygen atoms in total. The molecule has 1 heterocycles. The summed E-state index contributed by atoms with van der Waals surface area (Å²) in [6.45, 7) is 0. The summed E-state index contributed by atoms with van der Waals surface area (Å²) in [5, 5.41) is 30.1. The molecule has 2 fully saturated rings. The van der Waals surface area contributed by atoms with E-state index in [4.69, 9.17) is 28.3 Å². The van der Waals surface area contributed by atoms with Crippen LogP contribution in [0.4, 0.5) is 0 Å². The molecule has 0 bridgehead atoms. The molecule has 0 aromatic carbocycles. The van der Waals surface area contributed by atoms with Gasteiger partial charge in [0, 0.05) is 28.0 Å². The second-order valence-corrected chi connectivity index (χ2v) is 11.7. The van der Waals surface area contributed by atoms with Gasteiger partial charge in [-0.1, -0.05) is 42.3 Å². The van der Waals surface area contributed by atoms with Crippen LogP contribution in [0.1, 0.15) is 62.7 Å². The predicted molar refractivity (Wildman–Crippen MR) is 132 cm³/mol. The summed E-state index contributed by atoms with van der Waals surface area (Å²) < 4.78 is 0.789. The van der Waals surface area contributed by atoms with Crippen LogP contribution in [0.2, 0.25) is 4.34 Å². The Bertz CT molecular complexity index is 802. The van der Waals surface area contributed by atoms with E-state index >= 15 is 0 Å². The molecule has 3 N–H and O–H groups in total. The summed E-state index contributed by atoms with van der Waals surface area (Å²) in [4.78, 5) is 11.8. The summed E-state index contributed by atoms with van der Waals surface area (Å²) in [6, 6.07) is 3.98. The average molecular weight is 502 g/mol. The molecule has 5 atom stereocenters. The second kappa shape index (κ2) is 12.0. The van der Waals surface area contributed by atoms with Crippen LogP contribution in [0.3, 0.4) is 0 Å². The highest BCUT2D eigenvalue weighted by molar-refractivity contribution is 7.16. The van der Waals surface area contributed by atoms with Crippen molar-refractivity contribution in [2.45, 2.75) is 81.8 Å². The van der Waals surface area contributed by atoms with E-state index < -0.39 is 18.2 Å². The average Bonchev–Trinajstić information content (AvgIpc) is 3.23. The maximum Gasteiger partial charge on any atom is 0.303 e. The molecule has 7 heteroatoms. The second-order valence-electron chi connectivity index (χ2n) is 9.33. The lowest BCUT2D eigenvalue weighted by Crippen LogP contribution is -2.42. The first-order chi connectivity index (χ1) is 15.3. The normalized spacial score (nSPS) is 28.4. The lowest BCUT2D eigenvalue weighted by Gasteiger charge is -2.45. The fourth-order valence-corrected chi connectivity index (χ4v) is 6.77. The number of alkyl halides is 1. The van der Waals surface area contributed by atoms with Crippen LogP contribution >= 0.6 is 34.5 Å². The number of allylic oxidation sites excluding steroid dienone is 2. The van der Waals surface area contributed by atoms with Crippen LogP contribution in [0.25, 0.3) is 0 Å². The molecule has 2 aliphatic rings. The van der Waals surface area contributed by atoms with E-state index in [0.717, 1.165) is 42.9 Å². The molecule has 1 aromatic rings. The monoisotopic (exact) mass is 500 g/mol. The number of rotatable bonds is 12. The fraction of sp³-hybridized carbons (Fsp3) is 0.640. The first-order valence-corrected chi connectivity index (χ1v) is 13.2. The van der Waals surface area contributed by atoms with Gasteiger partial charge < -0.3 is 15.3 Å². The molecule has 0 amide bonds. The van der Waals surface area contributed by atoms with Gasteiger partial charge in [0.1, 0.15) is 0 Å². The van der Waals surface area contributed by atoms with Gasteiger partial charge in [0.15, 0.2) is 0 Å². The number of hydrogen-bond acceptors (Lipinski definition) is 4. The van der Waals surface area contributed by atoms with Crippen molar-refractivity contribution in [1.82, 2.24) is 0 Å². The van der Waals surface area contributed by atoms with Gasteiger partial charge in [0.25, 0.3) is 0 Å². The Morgan fingerprint density at radius 3 is 2.69 bits per heavy atom. The highest BCUT2D eigenvalue weighted by atomic mass is 35.5. The van der Waals surface area contributed by atoms with E-state index in [2.05, 4.69) is 12.1 Å². The smallest absolute Gasteiger partial charge is 0.303 e. The van der Waals surface area contributed by atoms with Crippen LogP contribution in [-0.2, 0) is 11.2 Å². The molecule has 1 unspecified atom stereocenters. The van der Waals surface area contributed by atoms with E-state index in [-0.39, 0.29) is 29.0 Å². The molecule has 1 aromatic heterocycles. The third kappa shape index (κ3) is 6.83. The van der Waals surface area contributed by atoms with Crippen molar-refractivity contribution in [3.63, 3.8) is 0 Å². The van der Waals surface area contributed by atoms with Crippen LogP contribution in [0.5, 0.6) is 0 Å². The lowest BCUT2D eigenvalue weighted by molar-refractivity contribution is -0.137. The van der Waals surface area contributed by atoms with Crippen molar-refractivity contribution in [2.24, 2.45) is 17.3 Å². The maximum atomic E-state index is 11.0. The van der Waals surface area contributed by atoms with Crippen molar-refractivity contribution < 1.29 is 20.1 Å². The van der Waals surface area contributed by atoms with E-state index in [1.807, 2.05) is 24.3 Å². The maximum absolute atomic E-state index is 11.0. The molecule has 0 saturated heterocycles. The topological polar surface area (TPSA) is 77.8 Å². The number of thiophene rings is 1. The van der Waals surface area contributed by atoms with Gasteiger partial charge in [-0.3, -0.25) is 4.79 Å². The SMILES string of the molecule is O=C(O)CCC/C=C\C[C@@H]1[C@@H](/C=C/CC(O)C2(Cc3ccc(Cl)s3)CCC2)[C@H](O)C[C@H]1Cl. The molecule has 32 heavy (non-hydrogen) atoms. The van der Waals surface area contributed by atoms with E-state index in [1.54, 1.807) is 11.3 Å². The van der Waals surface area contributed by atoms with Crippen LogP contribution < -0.4 is 0 Å². The number of carbonyl (C=O) groups is 1. The summed E-state index contributed by atoms with van der Waals surface area (Å²) in [5.41, 5.74) is -0.0695. The number of unbranched alkanes of at least 4 members (excludes halogenated alkanes) is 1. The Morgan fingerprint density at radius 1 is 1.28 bits per heavy atom. The van der Waals surface area contributed by atoms with Crippen LogP contribution in [0, 0.1) is 17.3 Å². The summed E-state index contributed by atoms with van der Waals surface area (Å²) >= 11 is 14.2. The minimum absolute atomic E-state index is 0.0261. The Labute approximate surface area is 204 Å². The number of carboxylic acid groups (broad SMARTS) is 1. The number of hydrogen-bond donors (Lipinski definition) is 3. The summed E-state index contributed by atoms with van der Waals surface area (Å²) in [7, 11) is 0. The van der Waals surface area contributed by atoms with Crippen molar-refractivity contribution >= 4 is 40.5 Å². The predicted octanol–water partition coefficient (Wildman–Crippen LogP) is 6.23. The van der Waals surface area contributed by atoms with Crippen molar-refractivity contribution in [1.29, 1.82) is 0 Å². The Morgan fingerprint density at radius 2 is 2.06 bits per heavy atom. The molecule has 0 aliphatic heterocycles. The first-order valence-electron chi connectivity index (χ1n) is 11.6. The third-order valence-corrected chi connectivity index (χ3v) is 8.87. The van der Waals surface area contributed by atoms with Gasteiger partial charge in [-0.2, -0.15) is 0 Å². The quantitative estimate of drug-likeness (QED) is 0.180. The van der Waals surface area contributed by atoms with Crippen molar-refractivity contribution in [3.05, 3.63) is 45.7 Å². The van der Waals surface area contributed by atoms with Gasteiger partial charge in [-0.05, 0) is 69.4 Å². The van der Waals surface area contributed by atoms with Crippen LogP contribution in [-0.4, -0.2) is 38.9 Å². The minimum atomic E-state index is -0.770. The van der Waals surface area contributed by atoms with E-state index in [1.165, 1.54) is 4.88 Å². The molecule has 0 radical (unpaired) electrons. The molecule has 3 rings (SSSR count). The van der Waals surface area contributed by atoms with Crippen LogP contribution in [0.15, 0.2) is 36.4 Å². The number of aliphatic hydroxyl groups is 2. The largest absolute Gasteiger partial charge is 0.481 e. The Hall–Kier alpha value is -0.850. The summed E-state index contributed by atoms with van der Waals surface area (Å²) in [6.07, 6.45) is 14.8. The van der Waals surface area contributed by atoms with Gasteiger partial charge in [-0.25, -0.2) is 0 Å². The third-order valence-electron chi connectivity index (χ3n) is 7.14. The molecule has 178 valence electrons. The number of halogens is 2. The van der Waals surface area contributed by atoms with E-state index in [9.17, 15) is 15.0 Å². The number of carboxylic acids is 1. The highest BCUT2D eigenvalue weighted by Crippen LogP contribution is 2.49. The lowest BCUT2D eigenvalue weighted by atomic mass is 9.62. The van der Waals surface area contributed by atoms with Gasteiger partial charge in [0.2, 0.25) is 0 Å². The number of aliphatic carboxylic acids is 1. The number of aliphatic hydroxyl groups excluding tert-OH is 2. The van der Waals surface area contributed by atoms with E-state index in [0.29, 0.717) is 19.3 Å². The van der Waals surface area contributed by atoms with Gasteiger partial charge in [-0.15, -0.1) is 22.9 Å².